The molecule has 4 heterocycles. The first kappa shape index (κ1) is 23.7. The van der Waals surface area contributed by atoms with Crippen molar-refractivity contribution in [2.24, 2.45) is 5.92 Å². The summed E-state index contributed by atoms with van der Waals surface area (Å²) >= 11 is 3.10. The van der Waals surface area contributed by atoms with Crippen molar-refractivity contribution >= 4 is 57.5 Å². The number of nitrogens with one attached hydrogen (secondary N) is 3. The van der Waals surface area contributed by atoms with Crippen LogP contribution in [0.1, 0.15) is 18.5 Å². The monoisotopic (exact) mass is 534 g/mol. The molecular formula is C24H26N10OS2. The number of thiazole rings is 1. The summed E-state index contributed by atoms with van der Waals surface area (Å²) in [7, 11) is 0. The maximum absolute atomic E-state index is 12.0. The minimum Gasteiger partial charge on any atom is -0.345 e. The molecule has 2 aliphatic rings. The van der Waals surface area contributed by atoms with Crippen LogP contribution < -0.4 is 20.4 Å². The number of amides is 1. The van der Waals surface area contributed by atoms with E-state index in [4.69, 9.17) is 9.97 Å². The van der Waals surface area contributed by atoms with Crippen molar-refractivity contribution in [1.29, 1.82) is 0 Å². The molecular weight excluding hydrogens is 508 g/mol. The second-order valence-corrected chi connectivity index (χ2v) is 10.9. The number of piperazine rings is 1. The quantitative estimate of drug-likeness (QED) is 0.306. The Kier molecular flexibility index (Phi) is 6.62. The molecule has 0 atom stereocenters. The number of aromatic nitrogens is 6. The summed E-state index contributed by atoms with van der Waals surface area (Å²) in [5.41, 5.74) is 1.74. The number of carbonyl (C=O) groups excluding carboxylic acids is 1. The van der Waals surface area contributed by atoms with Gasteiger partial charge in [0, 0.05) is 66.0 Å². The van der Waals surface area contributed by atoms with Crippen molar-refractivity contribution < 1.29 is 4.79 Å². The van der Waals surface area contributed by atoms with E-state index < -0.39 is 0 Å². The van der Waals surface area contributed by atoms with Crippen LogP contribution >= 0.6 is 23.1 Å². The third kappa shape index (κ3) is 5.83. The number of nitrogens with zero attached hydrogens (tertiary/aromatic N) is 7. The van der Waals surface area contributed by atoms with Crippen molar-refractivity contribution in [2.75, 3.05) is 46.6 Å². The molecule has 1 saturated heterocycles. The third-order valence-corrected chi connectivity index (χ3v) is 7.79. The fourth-order valence-electron chi connectivity index (χ4n) is 3.96. The van der Waals surface area contributed by atoms with Gasteiger partial charge in [0.25, 0.3) is 0 Å². The van der Waals surface area contributed by atoms with E-state index in [1.165, 1.54) is 11.8 Å². The fourth-order valence-corrected chi connectivity index (χ4v) is 5.40. The highest BCUT2D eigenvalue weighted by Gasteiger charge is 2.29. The van der Waals surface area contributed by atoms with Gasteiger partial charge >= 0.3 is 0 Å². The summed E-state index contributed by atoms with van der Waals surface area (Å²) in [6.45, 7) is 5.19. The molecule has 37 heavy (non-hydrogen) atoms. The van der Waals surface area contributed by atoms with Crippen LogP contribution in [0.15, 0.2) is 52.0 Å². The Morgan fingerprint density at radius 2 is 1.86 bits per heavy atom. The number of benzene rings is 1. The predicted molar refractivity (Wildman–Crippen MR) is 145 cm³/mol. The van der Waals surface area contributed by atoms with Crippen LogP contribution in [0.3, 0.4) is 0 Å². The van der Waals surface area contributed by atoms with E-state index in [9.17, 15) is 4.79 Å². The number of aryl methyl sites for hydroxylation is 1. The highest BCUT2D eigenvalue weighted by atomic mass is 32.2. The summed E-state index contributed by atoms with van der Waals surface area (Å²) < 4.78 is 0. The fraction of sp³-hybridized carbons (Fsp3) is 0.333. The normalized spacial score (nSPS) is 15.6. The summed E-state index contributed by atoms with van der Waals surface area (Å²) in [5.74, 6) is 1.98. The van der Waals surface area contributed by atoms with Gasteiger partial charge in [-0.1, -0.05) is 0 Å². The molecule has 3 N–H and O–H groups in total. The lowest BCUT2D eigenvalue weighted by atomic mass is 10.3. The summed E-state index contributed by atoms with van der Waals surface area (Å²) in [4.78, 5) is 36.0. The molecule has 1 aromatic carbocycles. The zero-order valence-electron chi connectivity index (χ0n) is 20.2. The molecule has 11 nitrogen and oxygen atoms in total. The number of carbonyl (C=O) groups is 1. The van der Waals surface area contributed by atoms with Gasteiger partial charge in [0.2, 0.25) is 17.8 Å². The molecule has 13 heteroatoms. The highest BCUT2D eigenvalue weighted by Crippen LogP contribution is 2.32. The van der Waals surface area contributed by atoms with E-state index in [1.807, 2.05) is 48.8 Å². The average Bonchev–Trinajstić information content (AvgIpc) is 3.47. The smallest absolute Gasteiger partial charge is 0.234 e. The first-order valence-corrected chi connectivity index (χ1v) is 13.8. The first-order valence-electron chi connectivity index (χ1n) is 12.1. The second kappa shape index (κ2) is 10.3. The van der Waals surface area contributed by atoms with Gasteiger partial charge in [0.15, 0.2) is 16.1 Å². The molecule has 1 aliphatic heterocycles. The lowest BCUT2D eigenvalue weighted by Gasteiger charge is -2.34. The van der Waals surface area contributed by atoms with E-state index >= 15 is 0 Å². The number of rotatable bonds is 8. The highest BCUT2D eigenvalue weighted by molar-refractivity contribution is 7.99. The van der Waals surface area contributed by atoms with Crippen LogP contribution in [-0.4, -0.2) is 62.2 Å². The van der Waals surface area contributed by atoms with Crippen LogP contribution in [-0.2, 0) is 4.79 Å². The van der Waals surface area contributed by atoms with Crippen molar-refractivity contribution in [3.05, 3.63) is 47.6 Å². The first-order chi connectivity index (χ1) is 18.1. The lowest BCUT2D eigenvalue weighted by Crippen LogP contribution is -2.47. The molecule has 4 aromatic rings. The Morgan fingerprint density at radius 1 is 1.08 bits per heavy atom. The van der Waals surface area contributed by atoms with Gasteiger partial charge in [0.05, 0.1) is 0 Å². The number of hydrogen-bond acceptors (Lipinski definition) is 11. The number of aromatic amines is 1. The molecule has 0 unspecified atom stereocenters. The number of H-pyrrole nitrogens is 1. The van der Waals surface area contributed by atoms with E-state index in [-0.39, 0.29) is 11.8 Å². The molecule has 6 rings (SSSR count). The maximum Gasteiger partial charge on any atom is 0.234 e. The Hall–Kier alpha value is -3.71. The van der Waals surface area contributed by atoms with Gasteiger partial charge in [-0.05, 0) is 55.8 Å². The molecule has 3 aromatic heterocycles. The SMILES string of the molecule is Cc1cc(Nc2nc(Sc3ccc(NC(=O)C4CC4)cc3)nc(N3CCN(c4nccs4)CC3)n2)n[nH]1. The lowest BCUT2D eigenvalue weighted by molar-refractivity contribution is -0.117. The van der Waals surface area contributed by atoms with Crippen LogP contribution in [0, 0.1) is 12.8 Å². The minimum atomic E-state index is 0.0989. The molecule has 0 spiro atoms. The van der Waals surface area contributed by atoms with E-state index in [2.05, 4.69) is 40.6 Å². The van der Waals surface area contributed by atoms with Gasteiger partial charge in [-0.2, -0.15) is 20.1 Å². The average molecular weight is 535 g/mol. The van der Waals surface area contributed by atoms with Crippen LogP contribution in [0.2, 0.25) is 0 Å². The zero-order chi connectivity index (χ0) is 25.2. The molecule has 1 aliphatic carbocycles. The second-order valence-electron chi connectivity index (χ2n) is 8.98. The van der Waals surface area contributed by atoms with Crippen molar-refractivity contribution in [3.8, 4) is 0 Å². The Morgan fingerprint density at radius 3 is 2.54 bits per heavy atom. The van der Waals surface area contributed by atoms with Gasteiger partial charge < -0.3 is 20.4 Å². The van der Waals surface area contributed by atoms with Crippen LogP contribution in [0.5, 0.6) is 0 Å². The van der Waals surface area contributed by atoms with Gasteiger partial charge in [-0.15, -0.1) is 11.3 Å². The van der Waals surface area contributed by atoms with Crippen LogP contribution in [0.25, 0.3) is 0 Å². The topological polar surface area (TPSA) is 128 Å². The Bertz CT molecular complexity index is 1360. The Balaban J connectivity index is 1.20. The molecule has 2 fully saturated rings. The number of anilines is 5. The van der Waals surface area contributed by atoms with E-state index in [0.29, 0.717) is 22.9 Å². The van der Waals surface area contributed by atoms with Gasteiger partial charge in [0.1, 0.15) is 0 Å². The van der Waals surface area contributed by atoms with Crippen LogP contribution in [0.4, 0.5) is 28.5 Å². The van der Waals surface area contributed by atoms with Gasteiger partial charge in [-0.25, -0.2) is 4.98 Å². The maximum atomic E-state index is 12.0. The number of hydrogen-bond donors (Lipinski definition) is 3. The zero-order valence-corrected chi connectivity index (χ0v) is 21.8. The largest absolute Gasteiger partial charge is 0.345 e. The minimum absolute atomic E-state index is 0.0989. The van der Waals surface area contributed by atoms with E-state index in [1.54, 1.807) is 11.3 Å². The van der Waals surface area contributed by atoms with Crippen molar-refractivity contribution in [1.82, 2.24) is 30.1 Å². The molecule has 0 radical (unpaired) electrons. The van der Waals surface area contributed by atoms with Gasteiger partial charge in [-0.3, -0.25) is 9.89 Å². The Labute approximate surface area is 222 Å². The summed E-state index contributed by atoms with van der Waals surface area (Å²) in [5, 5.41) is 17.0. The summed E-state index contributed by atoms with van der Waals surface area (Å²) in [6.07, 6.45) is 3.80. The standard InChI is InChI=1S/C24H26N10OS2/c1-15-14-19(32-31-15)27-21-28-22(33-9-11-34(12-10-33)24-25-8-13-36-24)30-23(29-21)37-18-6-4-17(5-7-18)26-20(35)16-2-3-16/h4-8,13-14,16H,2-3,9-12H2,1H3,(H,26,35)(H2,27,28,29,30,31,32). The van der Waals surface area contributed by atoms with E-state index in [0.717, 1.165) is 60.4 Å². The molecule has 1 amide bonds. The molecule has 1 saturated carbocycles. The van der Waals surface area contributed by atoms with Crippen molar-refractivity contribution in [2.45, 2.75) is 29.8 Å². The predicted octanol–water partition coefficient (Wildman–Crippen LogP) is 3.93. The van der Waals surface area contributed by atoms with Crippen molar-refractivity contribution in [3.63, 3.8) is 0 Å². The summed E-state index contributed by atoms with van der Waals surface area (Å²) in [6, 6.07) is 9.65. The molecule has 190 valence electrons. The molecule has 0 bridgehead atoms. The third-order valence-electron chi connectivity index (χ3n) is 6.08.